The van der Waals surface area contributed by atoms with E-state index in [1.807, 2.05) is 24.3 Å². The zero-order valence-electron chi connectivity index (χ0n) is 16.1. The van der Waals surface area contributed by atoms with Gasteiger partial charge in [-0.2, -0.15) is 4.98 Å². The smallest absolute Gasteiger partial charge is 0.298 e. The summed E-state index contributed by atoms with van der Waals surface area (Å²) in [4.78, 5) is 24.1. The molecular weight excluding hydrogens is 371 g/mol. The number of nitrogens with zero attached hydrogens (tertiary/aromatic N) is 4. The molecule has 1 fully saturated rings. The van der Waals surface area contributed by atoms with Gasteiger partial charge in [0.2, 0.25) is 0 Å². The van der Waals surface area contributed by atoms with E-state index in [9.17, 15) is 9.18 Å². The van der Waals surface area contributed by atoms with Gasteiger partial charge in [-0.05, 0) is 49.9 Å². The fourth-order valence-electron chi connectivity index (χ4n) is 4.08. The summed E-state index contributed by atoms with van der Waals surface area (Å²) in [7, 11) is 0. The third-order valence-corrected chi connectivity index (χ3v) is 5.72. The lowest BCUT2D eigenvalue weighted by molar-refractivity contribution is 0.340. The van der Waals surface area contributed by atoms with Crippen LogP contribution in [0.25, 0.3) is 22.0 Å². The van der Waals surface area contributed by atoms with Gasteiger partial charge in [0.05, 0.1) is 10.9 Å². The van der Waals surface area contributed by atoms with Crippen LogP contribution >= 0.6 is 0 Å². The molecular formula is C22H21FN4O2. The highest BCUT2D eigenvalue weighted by molar-refractivity contribution is 5.77. The van der Waals surface area contributed by atoms with Crippen LogP contribution in [0.15, 0.2) is 51.7 Å². The summed E-state index contributed by atoms with van der Waals surface area (Å²) in [6.07, 6.45) is 1.87. The fourth-order valence-corrected chi connectivity index (χ4v) is 4.08. The Bertz CT molecular complexity index is 1220. The molecule has 1 aliphatic rings. The second kappa shape index (κ2) is 6.99. The minimum Gasteiger partial charge on any atom is -0.423 e. The maximum Gasteiger partial charge on any atom is 0.298 e. The van der Waals surface area contributed by atoms with Crippen molar-refractivity contribution in [1.82, 2.24) is 14.5 Å². The number of oxazole rings is 1. The minimum atomic E-state index is -0.381. The molecule has 0 N–H and O–H groups in total. The molecule has 2 aromatic carbocycles. The van der Waals surface area contributed by atoms with Crippen molar-refractivity contribution in [3.8, 4) is 0 Å². The zero-order valence-corrected chi connectivity index (χ0v) is 16.1. The molecule has 4 aromatic rings. The van der Waals surface area contributed by atoms with Crippen molar-refractivity contribution in [1.29, 1.82) is 0 Å². The number of piperidine rings is 1. The first-order valence-corrected chi connectivity index (χ1v) is 9.86. The summed E-state index contributed by atoms with van der Waals surface area (Å²) in [5, 5.41) is 0.459. The van der Waals surface area contributed by atoms with Gasteiger partial charge in [0.15, 0.2) is 5.58 Å². The van der Waals surface area contributed by atoms with Crippen molar-refractivity contribution in [3.63, 3.8) is 0 Å². The molecule has 3 heterocycles. The van der Waals surface area contributed by atoms with Gasteiger partial charge in [-0.25, -0.2) is 9.37 Å². The SMILES string of the molecule is Cc1nc2cc(F)ccc2c(=O)n1CC1CCN(c2nc3ccccc3o2)CC1. The van der Waals surface area contributed by atoms with Crippen LogP contribution in [0.3, 0.4) is 0 Å². The molecule has 0 aliphatic carbocycles. The molecule has 1 saturated heterocycles. The number of fused-ring (bicyclic) bond motifs is 2. The van der Waals surface area contributed by atoms with Gasteiger partial charge in [0, 0.05) is 25.7 Å². The van der Waals surface area contributed by atoms with Crippen molar-refractivity contribution in [3.05, 3.63) is 64.5 Å². The number of rotatable bonds is 3. The van der Waals surface area contributed by atoms with Gasteiger partial charge in [-0.1, -0.05) is 12.1 Å². The van der Waals surface area contributed by atoms with Crippen LogP contribution < -0.4 is 10.5 Å². The molecule has 7 heteroatoms. The quantitative estimate of drug-likeness (QED) is 0.529. The van der Waals surface area contributed by atoms with Gasteiger partial charge >= 0.3 is 0 Å². The number of aryl methyl sites for hydroxylation is 1. The van der Waals surface area contributed by atoms with E-state index in [0.717, 1.165) is 37.0 Å². The van der Waals surface area contributed by atoms with E-state index in [1.165, 1.54) is 18.2 Å². The number of anilines is 1. The average molecular weight is 392 g/mol. The van der Waals surface area contributed by atoms with E-state index in [0.29, 0.717) is 35.2 Å². The Kier molecular flexibility index (Phi) is 4.30. The highest BCUT2D eigenvalue weighted by Crippen LogP contribution is 2.27. The maximum atomic E-state index is 13.5. The predicted molar refractivity (Wildman–Crippen MR) is 110 cm³/mol. The van der Waals surface area contributed by atoms with Gasteiger partial charge < -0.3 is 9.32 Å². The Balaban J connectivity index is 1.33. The lowest BCUT2D eigenvalue weighted by atomic mass is 9.97. The molecule has 148 valence electrons. The number of benzene rings is 2. The molecule has 0 atom stereocenters. The first-order chi connectivity index (χ1) is 14.1. The Morgan fingerprint density at radius 2 is 1.90 bits per heavy atom. The van der Waals surface area contributed by atoms with Crippen LogP contribution in [0.4, 0.5) is 10.4 Å². The first kappa shape index (κ1) is 17.8. The first-order valence-electron chi connectivity index (χ1n) is 9.86. The lowest BCUT2D eigenvalue weighted by Crippen LogP contribution is -2.37. The second-order valence-electron chi connectivity index (χ2n) is 7.63. The number of aromatic nitrogens is 3. The summed E-state index contributed by atoms with van der Waals surface area (Å²) in [6.45, 7) is 4.08. The number of para-hydroxylation sites is 2. The summed E-state index contributed by atoms with van der Waals surface area (Å²) in [6, 6.07) is 12.6. The van der Waals surface area contributed by atoms with E-state index < -0.39 is 0 Å². The minimum absolute atomic E-state index is 0.103. The highest BCUT2D eigenvalue weighted by Gasteiger charge is 2.24. The van der Waals surface area contributed by atoms with Crippen LogP contribution in [0.1, 0.15) is 18.7 Å². The fraction of sp³-hybridized carbons (Fsp3) is 0.318. The molecule has 6 nitrogen and oxygen atoms in total. The molecule has 0 radical (unpaired) electrons. The second-order valence-corrected chi connectivity index (χ2v) is 7.63. The van der Waals surface area contributed by atoms with E-state index in [2.05, 4.69) is 14.9 Å². The normalized spacial score (nSPS) is 15.4. The van der Waals surface area contributed by atoms with Gasteiger partial charge in [-0.15, -0.1) is 0 Å². The van der Waals surface area contributed by atoms with Crippen LogP contribution in [0.5, 0.6) is 0 Å². The van der Waals surface area contributed by atoms with E-state index in [-0.39, 0.29) is 11.4 Å². The molecule has 29 heavy (non-hydrogen) atoms. The van der Waals surface area contributed by atoms with Gasteiger partial charge in [0.25, 0.3) is 11.6 Å². The van der Waals surface area contributed by atoms with Crippen molar-refractivity contribution in [2.45, 2.75) is 26.3 Å². The standard InChI is InChI=1S/C22H21FN4O2/c1-14-24-19-12-16(23)6-7-17(19)21(28)27(14)13-15-8-10-26(11-9-15)22-25-18-4-2-3-5-20(18)29-22/h2-7,12,15H,8-11,13H2,1H3. The Labute approximate surface area is 166 Å². The average Bonchev–Trinajstić information content (AvgIpc) is 3.15. The van der Waals surface area contributed by atoms with E-state index in [1.54, 1.807) is 11.5 Å². The van der Waals surface area contributed by atoms with Crippen LogP contribution in [-0.2, 0) is 6.54 Å². The highest BCUT2D eigenvalue weighted by atomic mass is 19.1. The Morgan fingerprint density at radius 1 is 1.10 bits per heavy atom. The number of hydrogen-bond acceptors (Lipinski definition) is 5. The summed E-state index contributed by atoms with van der Waals surface area (Å²) >= 11 is 0. The molecule has 0 spiro atoms. The molecule has 2 aromatic heterocycles. The van der Waals surface area contributed by atoms with E-state index in [4.69, 9.17) is 4.42 Å². The molecule has 1 aliphatic heterocycles. The Morgan fingerprint density at radius 3 is 2.69 bits per heavy atom. The van der Waals surface area contributed by atoms with Gasteiger partial charge in [-0.3, -0.25) is 9.36 Å². The number of hydrogen-bond donors (Lipinski definition) is 0. The van der Waals surface area contributed by atoms with Crippen LogP contribution in [0.2, 0.25) is 0 Å². The zero-order chi connectivity index (χ0) is 20.0. The van der Waals surface area contributed by atoms with Crippen LogP contribution in [0, 0.1) is 18.7 Å². The van der Waals surface area contributed by atoms with Crippen molar-refractivity contribution < 1.29 is 8.81 Å². The molecule has 5 rings (SSSR count). The predicted octanol–water partition coefficient (Wildman–Crippen LogP) is 3.90. The number of halogens is 1. The summed E-state index contributed by atoms with van der Waals surface area (Å²) < 4.78 is 21.0. The van der Waals surface area contributed by atoms with Gasteiger partial charge in [0.1, 0.15) is 17.2 Å². The molecule has 0 bridgehead atoms. The molecule has 0 amide bonds. The lowest BCUT2D eigenvalue weighted by Gasteiger charge is -2.31. The summed E-state index contributed by atoms with van der Waals surface area (Å²) in [5.74, 6) is 0.606. The van der Waals surface area contributed by atoms with Crippen molar-refractivity contribution in [2.75, 3.05) is 18.0 Å². The van der Waals surface area contributed by atoms with Crippen LogP contribution in [-0.4, -0.2) is 27.6 Å². The van der Waals surface area contributed by atoms with E-state index >= 15 is 0 Å². The summed E-state index contributed by atoms with van der Waals surface area (Å²) in [5.41, 5.74) is 1.97. The monoisotopic (exact) mass is 392 g/mol. The molecule has 0 unspecified atom stereocenters. The van der Waals surface area contributed by atoms with Crippen molar-refractivity contribution >= 4 is 28.0 Å². The third kappa shape index (κ3) is 3.26. The Hall–Kier alpha value is -3.22. The third-order valence-electron chi connectivity index (χ3n) is 5.72. The topological polar surface area (TPSA) is 64.2 Å². The largest absolute Gasteiger partial charge is 0.423 e. The molecule has 0 saturated carbocycles. The maximum absolute atomic E-state index is 13.5. The van der Waals surface area contributed by atoms with Crippen molar-refractivity contribution in [2.24, 2.45) is 5.92 Å².